The number of ketones is 1. The zero-order valence-corrected chi connectivity index (χ0v) is 16.7. The Hall–Kier alpha value is 0.520. The van der Waals surface area contributed by atoms with Gasteiger partial charge in [-0.1, -0.05) is 18.5 Å². The van der Waals surface area contributed by atoms with E-state index in [9.17, 15) is 9.59 Å². The average Bonchev–Trinajstić information content (AvgIpc) is 2.69. The van der Waals surface area contributed by atoms with E-state index in [1.54, 1.807) is 24.0 Å². The van der Waals surface area contributed by atoms with Gasteiger partial charge in [-0.15, -0.1) is 0 Å². The summed E-state index contributed by atoms with van der Waals surface area (Å²) in [4.78, 5) is 24.4. The van der Waals surface area contributed by atoms with Crippen LogP contribution in [0.5, 0.6) is 0 Å². The number of amides is 1. The minimum absolute atomic E-state index is 0.277. The second kappa shape index (κ2) is 10.3. The second-order valence-electron chi connectivity index (χ2n) is 3.32. The molecule has 0 fully saturated rings. The number of hydrogen-bond donors (Lipinski definition) is 1. The first-order valence-electron chi connectivity index (χ1n) is 5.24. The number of halogens is 6. The quantitative estimate of drug-likeness (QED) is 0.515. The molecule has 0 aliphatic carbocycles. The Kier molecular flexibility index (Phi) is 11.7. The Bertz CT molecular complexity index is 424. The molecule has 1 amide bonds. The molecule has 124 valence electrons. The monoisotopic (exact) mass is 437 g/mol. The summed E-state index contributed by atoms with van der Waals surface area (Å²) >= 11 is 30.4. The van der Waals surface area contributed by atoms with Crippen LogP contribution in [0.2, 0.25) is 5.15 Å². The molecule has 1 heterocycles. The Morgan fingerprint density at radius 1 is 1.29 bits per heavy atom. The minimum atomic E-state index is -3.69. The summed E-state index contributed by atoms with van der Waals surface area (Å²) in [6, 6.07) is 0. The molecule has 0 spiro atoms. The van der Waals surface area contributed by atoms with Crippen LogP contribution in [0.4, 0.5) is 0 Å². The van der Waals surface area contributed by atoms with Crippen LogP contribution in [-0.2, 0) is 16.6 Å². The standard InChI is InChI=1S/C5H9NO2.C4H5ClN2.Cl5P/c1-3-4(7)5(8)6-2;1-7-3-6-2-4(7)5;1-6(2,3,4)5/h3H2,1-2H3,(H,6,8);2-3H,1H3;. The van der Waals surface area contributed by atoms with Gasteiger partial charge in [-0.05, 0) is 0 Å². The predicted octanol–water partition coefficient (Wildman–Crippen LogP) is 5.09. The van der Waals surface area contributed by atoms with Crippen LogP contribution in [0.25, 0.3) is 0 Å². The van der Waals surface area contributed by atoms with Crippen molar-refractivity contribution >= 4 is 82.9 Å². The molecule has 1 rings (SSSR count). The van der Waals surface area contributed by atoms with Crippen molar-refractivity contribution in [3.8, 4) is 0 Å². The average molecular weight is 440 g/mol. The fourth-order valence-corrected chi connectivity index (χ4v) is 0.741. The molecule has 1 N–H and O–H groups in total. The van der Waals surface area contributed by atoms with E-state index in [1.807, 2.05) is 7.05 Å². The molecular weight excluding hydrogens is 426 g/mol. The number of nitrogens with zero attached hydrogens (tertiary/aromatic N) is 2. The zero-order valence-electron chi connectivity index (χ0n) is 11.3. The number of rotatable bonds is 2. The third kappa shape index (κ3) is 20.5. The number of Topliss-reactive ketones (excluding diaryl/α,β-unsaturated/α-hetero) is 1. The van der Waals surface area contributed by atoms with Crippen molar-refractivity contribution in [3.63, 3.8) is 0 Å². The summed E-state index contributed by atoms with van der Waals surface area (Å²) in [5.41, 5.74) is 0. The number of nitrogens with one attached hydrogen (secondary N) is 1. The summed E-state index contributed by atoms with van der Waals surface area (Å²) in [5, 5.41) is 2.89. The number of aryl methyl sites for hydroxylation is 1. The van der Waals surface area contributed by atoms with Crippen LogP contribution in [0.3, 0.4) is 0 Å². The molecule has 0 aliphatic heterocycles. The van der Waals surface area contributed by atoms with Gasteiger partial charge in [0.1, 0.15) is 5.15 Å². The fourth-order valence-electron chi connectivity index (χ4n) is 0.641. The third-order valence-electron chi connectivity index (χ3n) is 1.56. The van der Waals surface area contributed by atoms with Crippen molar-refractivity contribution in [3.05, 3.63) is 17.7 Å². The molecule has 12 heteroatoms. The van der Waals surface area contributed by atoms with E-state index in [-0.39, 0.29) is 12.2 Å². The second-order valence-corrected chi connectivity index (χ2v) is 20.3. The number of carbonyl (C=O) groups is 2. The molecule has 1 aromatic heterocycles. The minimum Gasteiger partial charge on any atom is -0.325 e. The van der Waals surface area contributed by atoms with Gasteiger partial charge in [0.2, 0.25) is 5.78 Å². The molecule has 0 saturated carbocycles. The molecule has 0 aromatic carbocycles. The number of likely N-dealkylation sites (N-methyl/N-ethyl adjacent to an activating group) is 1. The number of aromatic nitrogens is 2. The first-order chi connectivity index (χ1) is 9.26. The Morgan fingerprint density at radius 2 is 1.71 bits per heavy atom. The topological polar surface area (TPSA) is 64.0 Å². The van der Waals surface area contributed by atoms with Gasteiger partial charge >= 0.3 is 59.6 Å². The molecule has 0 bridgehead atoms. The Labute approximate surface area is 152 Å². The van der Waals surface area contributed by atoms with Crippen molar-refractivity contribution in [1.82, 2.24) is 14.9 Å². The maximum atomic E-state index is 10.3. The van der Waals surface area contributed by atoms with Crippen LogP contribution >= 0.6 is 71.2 Å². The third-order valence-corrected chi connectivity index (χ3v) is 1.92. The Morgan fingerprint density at radius 3 is 1.81 bits per heavy atom. The van der Waals surface area contributed by atoms with E-state index in [4.69, 9.17) is 67.8 Å². The molecule has 0 aliphatic rings. The SMILES string of the molecule is CCC(=O)C(=O)NC.ClP(Cl)(Cl)(Cl)Cl.Cn1cncc1Cl. The molecule has 21 heavy (non-hydrogen) atoms. The van der Waals surface area contributed by atoms with E-state index in [1.165, 1.54) is 7.05 Å². The normalized spacial score (nSPS) is 11.8. The number of carbonyl (C=O) groups excluding carboxylic acids is 2. The van der Waals surface area contributed by atoms with E-state index in [0.717, 1.165) is 0 Å². The molecular formula is C9H14Cl6N3O2P. The van der Waals surface area contributed by atoms with E-state index in [0.29, 0.717) is 5.15 Å². The van der Waals surface area contributed by atoms with Crippen LogP contribution in [-0.4, -0.2) is 28.3 Å². The summed E-state index contributed by atoms with van der Waals surface area (Å²) < 4.78 is -1.95. The van der Waals surface area contributed by atoms with Gasteiger partial charge in [0.25, 0.3) is 5.91 Å². The largest absolute Gasteiger partial charge is 0.325 e. The zero-order chi connectivity index (χ0) is 17.3. The van der Waals surface area contributed by atoms with Crippen LogP contribution in [0.15, 0.2) is 12.5 Å². The van der Waals surface area contributed by atoms with Gasteiger partial charge in [-0.25, -0.2) is 4.98 Å². The van der Waals surface area contributed by atoms with Gasteiger partial charge in [0.05, 0.1) is 12.5 Å². The van der Waals surface area contributed by atoms with Crippen LogP contribution < -0.4 is 5.32 Å². The van der Waals surface area contributed by atoms with E-state index < -0.39 is 9.27 Å². The van der Waals surface area contributed by atoms with Gasteiger partial charge in [-0.2, -0.15) is 0 Å². The van der Waals surface area contributed by atoms with Crippen LogP contribution in [0.1, 0.15) is 13.3 Å². The number of imidazole rings is 1. The molecule has 0 atom stereocenters. The molecule has 0 saturated heterocycles. The van der Waals surface area contributed by atoms with Crippen molar-refractivity contribution in [2.24, 2.45) is 7.05 Å². The smallest absolute Gasteiger partial charge is 0.128 e. The van der Waals surface area contributed by atoms with Gasteiger partial charge < -0.3 is 9.88 Å². The van der Waals surface area contributed by atoms with Gasteiger partial charge in [0.15, 0.2) is 0 Å². The molecule has 1 aromatic rings. The summed E-state index contributed by atoms with van der Waals surface area (Å²) in [6.07, 6.45) is 3.53. The van der Waals surface area contributed by atoms with E-state index in [2.05, 4.69) is 10.3 Å². The summed E-state index contributed by atoms with van der Waals surface area (Å²) in [5.74, 6) is -0.875. The van der Waals surface area contributed by atoms with Gasteiger partial charge in [0, 0.05) is 20.5 Å². The predicted molar refractivity (Wildman–Crippen MR) is 93.8 cm³/mol. The summed E-state index contributed by atoms with van der Waals surface area (Å²) in [7, 11) is 3.28. The first-order valence-corrected chi connectivity index (χ1v) is 12.4. The fraction of sp³-hybridized carbons (Fsp3) is 0.444. The number of hydrogen-bond acceptors (Lipinski definition) is 3. The first kappa shape index (κ1) is 23.8. The van der Waals surface area contributed by atoms with Crippen LogP contribution in [0, 0.1) is 0 Å². The van der Waals surface area contributed by atoms with Crippen molar-refractivity contribution in [2.75, 3.05) is 7.05 Å². The molecule has 0 unspecified atom stereocenters. The maximum absolute atomic E-state index is 10.3. The van der Waals surface area contributed by atoms with Crippen molar-refractivity contribution in [2.45, 2.75) is 13.3 Å². The summed E-state index contributed by atoms with van der Waals surface area (Å²) in [6.45, 7) is 1.65. The molecule has 5 nitrogen and oxygen atoms in total. The van der Waals surface area contributed by atoms with Crippen molar-refractivity contribution < 1.29 is 9.59 Å². The molecule has 0 radical (unpaired) electrons. The van der Waals surface area contributed by atoms with Gasteiger partial charge in [-0.3, -0.25) is 9.59 Å². The maximum Gasteiger partial charge on any atom is 0.128 e. The Balaban J connectivity index is 0. The van der Waals surface area contributed by atoms with E-state index >= 15 is 0 Å². The van der Waals surface area contributed by atoms with Crippen molar-refractivity contribution in [1.29, 1.82) is 0 Å².